The van der Waals surface area contributed by atoms with E-state index in [1.54, 1.807) is 51.1 Å². The topological polar surface area (TPSA) is 84.9 Å². The van der Waals surface area contributed by atoms with E-state index >= 15 is 0 Å². The number of anilines is 2. The molecule has 0 spiro atoms. The van der Waals surface area contributed by atoms with Gasteiger partial charge >= 0.3 is 18.0 Å². The van der Waals surface area contributed by atoms with Crippen LogP contribution in [0.5, 0.6) is 0 Å². The van der Waals surface area contributed by atoms with Crippen LogP contribution < -0.4 is 10.4 Å². The minimum absolute atomic E-state index is 0.0562. The molecule has 0 unspecified atom stereocenters. The summed E-state index contributed by atoms with van der Waals surface area (Å²) >= 11 is 1.35. The van der Waals surface area contributed by atoms with Gasteiger partial charge in [-0.25, -0.2) is 9.59 Å². The minimum Gasteiger partial charge on any atom is -0.444 e. The van der Waals surface area contributed by atoms with Crippen molar-refractivity contribution in [2.24, 2.45) is 0 Å². The average Bonchev–Trinajstić information content (AvgIpc) is 3.37. The van der Waals surface area contributed by atoms with Crippen molar-refractivity contribution in [2.75, 3.05) is 10.4 Å². The second-order valence-electron chi connectivity index (χ2n) is 9.81. The van der Waals surface area contributed by atoms with Crippen LogP contribution in [0.4, 0.5) is 16.2 Å². The SMILES string of the molecule is CC(=O)ON(C(=O)c1ccc(C(c2ccccc2)c2ccccc2)s1)c1ccc(NC(=O)OC(C)(C)C)cc1. The molecule has 0 saturated heterocycles. The van der Waals surface area contributed by atoms with Crippen LogP contribution in [0.1, 0.15) is 59.3 Å². The average molecular weight is 543 g/mol. The number of rotatable bonds is 6. The van der Waals surface area contributed by atoms with Crippen LogP contribution in [0, 0.1) is 0 Å². The first-order chi connectivity index (χ1) is 18.6. The van der Waals surface area contributed by atoms with Crippen LogP contribution in [-0.4, -0.2) is 23.6 Å². The molecule has 3 aromatic carbocycles. The van der Waals surface area contributed by atoms with Crippen molar-refractivity contribution in [3.8, 4) is 0 Å². The molecule has 0 radical (unpaired) electrons. The summed E-state index contributed by atoms with van der Waals surface area (Å²) in [7, 11) is 0. The molecule has 8 heteroatoms. The third-order valence-electron chi connectivity index (χ3n) is 5.54. The van der Waals surface area contributed by atoms with Gasteiger partial charge in [-0.1, -0.05) is 60.7 Å². The highest BCUT2D eigenvalue weighted by Crippen LogP contribution is 2.36. The van der Waals surface area contributed by atoms with E-state index in [1.165, 1.54) is 18.3 Å². The highest BCUT2D eigenvalue weighted by atomic mass is 32.1. The standard InChI is InChI=1S/C31H30N2O5S/c1-21(34)38-33(25-17-15-24(16-18-25)32-30(36)37-31(2,3)4)29(35)27-20-19-26(39-27)28(22-11-7-5-8-12-22)23-13-9-6-10-14-23/h5-20,28H,1-4H3,(H,32,36). The fraction of sp³-hybridized carbons (Fsp3) is 0.194. The largest absolute Gasteiger partial charge is 0.444 e. The summed E-state index contributed by atoms with van der Waals surface area (Å²) in [5, 5.41) is 3.61. The first kappa shape index (κ1) is 27.6. The molecule has 1 N–H and O–H groups in total. The van der Waals surface area contributed by atoms with Crippen LogP contribution in [-0.2, 0) is 14.4 Å². The summed E-state index contributed by atoms with van der Waals surface area (Å²) in [6.45, 7) is 6.56. The summed E-state index contributed by atoms with van der Waals surface area (Å²) in [6, 6.07) is 30.2. The molecule has 0 bridgehead atoms. The van der Waals surface area contributed by atoms with Gasteiger partial charge in [-0.15, -0.1) is 16.4 Å². The Morgan fingerprint density at radius 1 is 0.795 bits per heavy atom. The van der Waals surface area contributed by atoms with Crippen molar-refractivity contribution in [1.82, 2.24) is 0 Å². The van der Waals surface area contributed by atoms with Crippen LogP contribution in [0.25, 0.3) is 0 Å². The van der Waals surface area contributed by atoms with Crippen molar-refractivity contribution in [1.29, 1.82) is 0 Å². The molecule has 39 heavy (non-hydrogen) atoms. The Balaban J connectivity index is 1.60. The van der Waals surface area contributed by atoms with E-state index in [4.69, 9.17) is 9.57 Å². The summed E-state index contributed by atoms with van der Waals surface area (Å²) in [5.41, 5.74) is 2.38. The lowest BCUT2D eigenvalue weighted by atomic mass is 9.90. The molecule has 7 nitrogen and oxygen atoms in total. The molecule has 4 aromatic rings. The Hall–Kier alpha value is -4.43. The lowest BCUT2D eigenvalue weighted by Gasteiger charge is -2.21. The van der Waals surface area contributed by atoms with Gasteiger partial charge in [-0.3, -0.25) is 10.1 Å². The number of hydrogen-bond acceptors (Lipinski definition) is 6. The molecule has 200 valence electrons. The number of nitrogens with zero attached hydrogens (tertiary/aromatic N) is 1. The van der Waals surface area contributed by atoms with E-state index in [0.717, 1.165) is 21.1 Å². The van der Waals surface area contributed by atoms with Gasteiger partial charge in [-0.05, 0) is 68.3 Å². The summed E-state index contributed by atoms with van der Waals surface area (Å²) in [4.78, 5) is 44.3. The first-order valence-corrected chi connectivity index (χ1v) is 13.2. The molecule has 2 amide bonds. The molecule has 1 aromatic heterocycles. The van der Waals surface area contributed by atoms with Crippen LogP contribution in [0.3, 0.4) is 0 Å². The van der Waals surface area contributed by atoms with Gasteiger partial charge < -0.3 is 9.57 Å². The predicted octanol–water partition coefficient (Wildman–Crippen LogP) is 7.40. The van der Waals surface area contributed by atoms with Gasteiger partial charge in [0, 0.05) is 23.4 Å². The Morgan fingerprint density at radius 2 is 1.36 bits per heavy atom. The van der Waals surface area contributed by atoms with Gasteiger partial charge in [0.25, 0.3) is 0 Å². The second-order valence-corrected chi connectivity index (χ2v) is 10.9. The highest BCUT2D eigenvalue weighted by Gasteiger charge is 2.26. The Labute approximate surface area is 232 Å². The van der Waals surface area contributed by atoms with Crippen LogP contribution in [0.2, 0.25) is 0 Å². The second kappa shape index (κ2) is 12.0. The van der Waals surface area contributed by atoms with Crippen LogP contribution in [0.15, 0.2) is 97.1 Å². The Morgan fingerprint density at radius 3 is 1.87 bits per heavy atom. The molecule has 0 aliphatic carbocycles. The first-order valence-electron chi connectivity index (χ1n) is 12.4. The van der Waals surface area contributed by atoms with E-state index in [-0.39, 0.29) is 5.92 Å². The predicted molar refractivity (Wildman–Crippen MR) is 153 cm³/mol. The van der Waals surface area contributed by atoms with E-state index in [9.17, 15) is 14.4 Å². The summed E-state index contributed by atoms with van der Waals surface area (Å²) in [5.74, 6) is -1.17. The number of carbonyl (C=O) groups excluding carboxylic acids is 3. The zero-order valence-corrected chi connectivity index (χ0v) is 23.0. The van der Waals surface area contributed by atoms with Crippen LogP contribution >= 0.6 is 11.3 Å². The van der Waals surface area contributed by atoms with Crippen molar-refractivity contribution in [2.45, 2.75) is 39.2 Å². The lowest BCUT2D eigenvalue weighted by molar-refractivity contribution is -0.141. The number of nitrogens with one attached hydrogen (secondary N) is 1. The smallest absolute Gasteiger partial charge is 0.412 e. The van der Waals surface area contributed by atoms with Gasteiger partial charge in [0.2, 0.25) is 0 Å². The molecule has 0 aliphatic rings. The maximum atomic E-state index is 13.6. The fourth-order valence-electron chi connectivity index (χ4n) is 3.98. The molecule has 1 heterocycles. The van der Waals surface area contributed by atoms with Crippen molar-refractivity contribution in [3.05, 3.63) is 118 Å². The number of thiophene rings is 1. The summed E-state index contributed by atoms with van der Waals surface area (Å²) < 4.78 is 5.27. The molecular formula is C31H30N2O5S. The molecule has 0 aliphatic heterocycles. The Bertz CT molecular complexity index is 1390. The van der Waals surface area contributed by atoms with E-state index in [0.29, 0.717) is 16.3 Å². The molecule has 0 fully saturated rings. The number of benzene rings is 3. The maximum Gasteiger partial charge on any atom is 0.412 e. The van der Waals surface area contributed by atoms with Crippen molar-refractivity contribution >= 4 is 40.7 Å². The molecule has 0 atom stereocenters. The Kier molecular flexibility index (Phi) is 8.46. The molecular weight excluding hydrogens is 512 g/mol. The highest BCUT2D eigenvalue weighted by molar-refractivity contribution is 7.14. The van der Waals surface area contributed by atoms with Gasteiger partial charge in [0.15, 0.2) is 0 Å². The van der Waals surface area contributed by atoms with E-state index < -0.39 is 23.6 Å². The zero-order valence-electron chi connectivity index (χ0n) is 22.2. The quantitative estimate of drug-likeness (QED) is 0.257. The van der Waals surface area contributed by atoms with Gasteiger partial charge in [0.05, 0.1) is 10.6 Å². The zero-order chi connectivity index (χ0) is 28.0. The van der Waals surface area contributed by atoms with Gasteiger partial charge in [0.1, 0.15) is 5.60 Å². The number of ether oxygens (including phenoxy) is 1. The number of hydroxylamine groups is 1. The third-order valence-corrected chi connectivity index (χ3v) is 6.68. The van der Waals surface area contributed by atoms with E-state index in [2.05, 4.69) is 29.6 Å². The lowest BCUT2D eigenvalue weighted by Crippen LogP contribution is -2.32. The minimum atomic E-state index is -0.637. The number of carbonyl (C=O) groups is 3. The summed E-state index contributed by atoms with van der Waals surface area (Å²) in [6.07, 6.45) is -0.597. The van der Waals surface area contributed by atoms with Crippen molar-refractivity contribution < 1.29 is 24.0 Å². The monoisotopic (exact) mass is 542 g/mol. The molecule has 0 saturated carbocycles. The van der Waals surface area contributed by atoms with Gasteiger partial charge in [-0.2, -0.15) is 0 Å². The third kappa shape index (κ3) is 7.33. The van der Waals surface area contributed by atoms with E-state index in [1.807, 2.05) is 42.5 Å². The van der Waals surface area contributed by atoms with Crippen molar-refractivity contribution in [3.63, 3.8) is 0 Å². The number of amides is 2. The number of hydrogen-bond donors (Lipinski definition) is 1. The maximum absolute atomic E-state index is 13.6. The normalized spacial score (nSPS) is 11.1. The fourth-order valence-corrected chi connectivity index (χ4v) is 5.06. The molecule has 4 rings (SSSR count).